The molecule has 1 aliphatic rings. The summed E-state index contributed by atoms with van der Waals surface area (Å²) in [5.74, 6) is -1.49. The van der Waals surface area contributed by atoms with E-state index in [-0.39, 0.29) is 41.9 Å². The highest BCUT2D eigenvalue weighted by molar-refractivity contribution is 7.92. The van der Waals surface area contributed by atoms with Gasteiger partial charge in [-0.1, -0.05) is 26.0 Å². The standard InChI is InChI=1S/C31H35F2N3O6S/c1-4-21(3)34-31(38)27(5-2)35(19-22-6-8-23(32)9-7-22)30(37)20-36(25-12-10-24(33)11-13-25)43(39,40)26-14-15-28-29(18-26)42-17-16-41-28/h6-15,18,21,27H,4-5,16-17,19-20H2,1-3H3,(H,34,38). The predicted molar refractivity (Wildman–Crippen MR) is 157 cm³/mol. The number of nitrogens with one attached hydrogen (secondary N) is 1. The van der Waals surface area contributed by atoms with Gasteiger partial charge in [-0.25, -0.2) is 17.2 Å². The van der Waals surface area contributed by atoms with Crippen LogP contribution in [0.3, 0.4) is 0 Å². The van der Waals surface area contributed by atoms with Crippen molar-refractivity contribution in [3.8, 4) is 11.5 Å². The fraction of sp³-hybridized carbons (Fsp3) is 0.355. The average molecular weight is 616 g/mol. The van der Waals surface area contributed by atoms with Crippen molar-refractivity contribution in [1.29, 1.82) is 0 Å². The van der Waals surface area contributed by atoms with E-state index >= 15 is 0 Å². The lowest BCUT2D eigenvalue weighted by Crippen LogP contribution is -2.53. The summed E-state index contributed by atoms with van der Waals surface area (Å²) < 4.78 is 67.6. The molecule has 0 aromatic heterocycles. The second-order valence-electron chi connectivity index (χ2n) is 10.2. The number of halogens is 2. The number of anilines is 1. The van der Waals surface area contributed by atoms with Gasteiger partial charge in [0, 0.05) is 18.7 Å². The third-order valence-corrected chi connectivity index (χ3v) is 8.92. The molecule has 2 amide bonds. The second kappa shape index (κ2) is 13.9. The number of sulfonamides is 1. The highest BCUT2D eigenvalue weighted by atomic mass is 32.2. The molecule has 230 valence electrons. The Morgan fingerprint density at radius 2 is 1.49 bits per heavy atom. The first-order valence-electron chi connectivity index (χ1n) is 14.1. The van der Waals surface area contributed by atoms with Gasteiger partial charge in [-0.05, 0) is 73.9 Å². The molecule has 0 saturated heterocycles. The third kappa shape index (κ3) is 7.61. The van der Waals surface area contributed by atoms with Gasteiger partial charge in [0.05, 0.1) is 10.6 Å². The normalized spacial score (nSPS) is 14.0. The van der Waals surface area contributed by atoms with Crippen LogP contribution in [0, 0.1) is 11.6 Å². The van der Waals surface area contributed by atoms with Crippen LogP contribution in [0.5, 0.6) is 11.5 Å². The van der Waals surface area contributed by atoms with Crippen LogP contribution >= 0.6 is 0 Å². The lowest BCUT2D eigenvalue weighted by Gasteiger charge is -2.33. The van der Waals surface area contributed by atoms with E-state index < -0.39 is 46.1 Å². The fourth-order valence-corrected chi connectivity index (χ4v) is 6.02. The van der Waals surface area contributed by atoms with Crippen LogP contribution < -0.4 is 19.1 Å². The average Bonchev–Trinajstić information content (AvgIpc) is 3.00. The van der Waals surface area contributed by atoms with E-state index in [1.54, 1.807) is 6.92 Å². The number of hydrogen-bond acceptors (Lipinski definition) is 6. The van der Waals surface area contributed by atoms with Crippen LogP contribution in [0.15, 0.2) is 71.6 Å². The zero-order valence-corrected chi connectivity index (χ0v) is 25.1. The highest BCUT2D eigenvalue weighted by Gasteiger charge is 2.34. The molecule has 12 heteroatoms. The number of amides is 2. The Bertz CT molecular complexity index is 1530. The molecule has 1 aliphatic heterocycles. The van der Waals surface area contributed by atoms with E-state index in [2.05, 4.69) is 5.32 Å². The van der Waals surface area contributed by atoms with Crippen LogP contribution in [-0.2, 0) is 26.2 Å². The molecule has 0 spiro atoms. The number of benzene rings is 3. The summed E-state index contributed by atoms with van der Waals surface area (Å²) >= 11 is 0. The molecule has 2 atom stereocenters. The molecule has 0 aliphatic carbocycles. The molecular formula is C31H35F2N3O6S. The van der Waals surface area contributed by atoms with Gasteiger partial charge in [-0.2, -0.15) is 0 Å². The summed E-state index contributed by atoms with van der Waals surface area (Å²) in [6, 6.07) is 13.2. The number of carbonyl (C=O) groups excluding carboxylic acids is 2. The molecule has 1 heterocycles. The maximum Gasteiger partial charge on any atom is 0.264 e. The van der Waals surface area contributed by atoms with Crippen molar-refractivity contribution in [1.82, 2.24) is 10.2 Å². The third-order valence-electron chi connectivity index (χ3n) is 7.15. The zero-order chi connectivity index (χ0) is 31.1. The first-order valence-corrected chi connectivity index (χ1v) is 15.5. The van der Waals surface area contributed by atoms with Crippen LogP contribution in [0.1, 0.15) is 39.2 Å². The van der Waals surface area contributed by atoms with E-state index in [4.69, 9.17) is 9.47 Å². The number of fused-ring (bicyclic) bond motifs is 1. The molecule has 0 bridgehead atoms. The quantitative estimate of drug-likeness (QED) is 0.318. The van der Waals surface area contributed by atoms with Gasteiger partial charge >= 0.3 is 0 Å². The monoisotopic (exact) mass is 615 g/mol. The van der Waals surface area contributed by atoms with Crippen LogP contribution in [0.2, 0.25) is 0 Å². The number of hydrogen-bond donors (Lipinski definition) is 1. The minimum Gasteiger partial charge on any atom is -0.486 e. The SMILES string of the molecule is CCC(C)NC(=O)C(CC)N(Cc1ccc(F)cc1)C(=O)CN(c1ccc(F)cc1)S(=O)(=O)c1ccc2c(c1)OCCO2. The van der Waals surface area contributed by atoms with Gasteiger partial charge in [0.25, 0.3) is 10.0 Å². The first kappa shape index (κ1) is 31.7. The Balaban J connectivity index is 1.74. The summed E-state index contributed by atoms with van der Waals surface area (Å²) in [7, 11) is -4.41. The van der Waals surface area contributed by atoms with Crippen molar-refractivity contribution in [2.75, 3.05) is 24.1 Å². The smallest absolute Gasteiger partial charge is 0.264 e. The van der Waals surface area contributed by atoms with Crippen LogP contribution in [0.4, 0.5) is 14.5 Å². The second-order valence-corrected chi connectivity index (χ2v) is 12.0. The van der Waals surface area contributed by atoms with Gasteiger partial charge in [0.1, 0.15) is 37.4 Å². The molecule has 3 aromatic carbocycles. The molecule has 4 rings (SSSR count). The Labute approximate surface area is 250 Å². The summed E-state index contributed by atoms with van der Waals surface area (Å²) in [5, 5.41) is 2.90. The minimum absolute atomic E-state index is 0.0449. The first-order chi connectivity index (χ1) is 20.5. The molecule has 0 fully saturated rings. The largest absolute Gasteiger partial charge is 0.486 e. The molecule has 0 radical (unpaired) electrons. The molecule has 1 N–H and O–H groups in total. The minimum atomic E-state index is -4.41. The van der Waals surface area contributed by atoms with Crippen molar-refractivity contribution in [3.05, 3.63) is 83.9 Å². The number of rotatable bonds is 12. The van der Waals surface area contributed by atoms with Crippen molar-refractivity contribution in [3.63, 3.8) is 0 Å². The van der Waals surface area contributed by atoms with E-state index in [0.29, 0.717) is 24.3 Å². The Morgan fingerprint density at radius 1 is 0.884 bits per heavy atom. The molecule has 9 nitrogen and oxygen atoms in total. The summed E-state index contributed by atoms with van der Waals surface area (Å²) in [5.41, 5.74) is 0.594. The Kier molecular flexibility index (Phi) is 10.2. The van der Waals surface area contributed by atoms with E-state index in [0.717, 1.165) is 16.4 Å². The predicted octanol–water partition coefficient (Wildman–Crippen LogP) is 4.65. The Hall–Kier alpha value is -4.19. The number of ether oxygens (including phenoxy) is 2. The summed E-state index contributed by atoms with van der Waals surface area (Å²) in [4.78, 5) is 28.5. The lowest BCUT2D eigenvalue weighted by atomic mass is 10.1. The molecule has 2 unspecified atom stereocenters. The van der Waals surface area contributed by atoms with E-state index in [9.17, 15) is 26.8 Å². The lowest BCUT2D eigenvalue weighted by molar-refractivity contribution is -0.140. The summed E-state index contributed by atoms with van der Waals surface area (Å²) in [6.07, 6.45) is 0.904. The van der Waals surface area contributed by atoms with Crippen molar-refractivity contribution in [2.45, 2.75) is 57.1 Å². The molecule has 0 saturated carbocycles. The van der Waals surface area contributed by atoms with Crippen molar-refractivity contribution < 1.29 is 36.3 Å². The van der Waals surface area contributed by atoms with Gasteiger partial charge in [0.15, 0.2) is 11.5 Å². The van der Waals surface area contributed by atoms with Gasteiger partial charge in [0.2, 0.25) is 11.8 Å². The topological polar surface area (TPSA) is 105 Å². The Morgan fingerprint density at radius 3 is 2.09 bits per heavy atom. The van der Waals surface area contributed by atoms with Gasteiger partial charge in [-0.15, -0.1) is 0 Å². The van der Waals surface area contributed by atoms with Crippen molar-refractivity contribution >= 4 is 27.5 Å². The molecule has 3 aromatic rings. The van der Waals surface area contributed by atoms with Crippen LogP contribution in [0.25, 0.3) is 0 Å². The number of carbonyl (C=O) groups is 2. The maximum absolute atomic E-state index is 14.1. The fourth-order valence-electron chi connectivity index (χ4n) is 4.59. The summed E-state index contributed by atoms with van der Waals surface area (Å²) in [6.45, 7) is 5.29. The van der Waals surface area contributed by atoms with E-state index in [1.807, 2.05) is 13.8 Å². The highest BCUT2D eigenvalue weighted by Crippen LogP contribution is 2.34. The van der Waals surface area contributed by atoms with Crippen molar-refractivity contribution in [2.24, 2.45) is 0 Å². The maximum atomic E-state index is 14.1. The zero-order valence-electron chi connectivity index (χ0n) is 24.3. The molecule has 43 heavy (non-hydrogen) atoms. The van der Waals surface area contributed by atoms with Gasteiger partial charge in [-0.3, -0.25) is 13.9 Å². The van der Waals surface area contributed by atoms with Crippen LogP contribution in [-0.4, -0.2) is 57.0 Å². The van der Waals surface area contributed by atoms with Gasteiger partial charge < -0.3 is 19.7 Å². The molecular weight excluding hydrogens is 580 g/mol. The number of nitrogens with zero attached hydrogens (tertiary/aromatic N) is 2. The van der Waals surface area contributed by atoms with E-state index in [1.165, 1.54) is 59.5 Å².